The van der Waals surface area contributed by atoms with Crippen LogP contribution in [0.5, 0.6) is 0 Å². The van der Waals surface area contributed by atoms with E-state index in [1.165, 1.54) is 30.0 Å². The fourth-order valence-electron chi connectivity index (χ4n) is 4.19. The minimum Gasteiger partial charge on any atom is -0.313 e. The molecule has 3 unspecified atom stereocenters. The molecule has 0 bridgehead atoms. The van der Waals surface area contributed by atoms with E-state index in [0.29, 0.717) is 17.9 Å². The van der Waals surface area contributed by atoms with Crippen LogP contribution >= 0.6 is 12.4 Å². The second-order valence-corrected chi connectivity index (χ2v) is 6.36. The molecule has 3 atom stereocenters. The molecule has 2 aliphatic rings. The van der Waals surface area contributed by atoms with Gasteiger partial charge in [-0.1, -0.05) is 36.4 Å². The smallest absolute Gasteiger partial charge is 0.123 e. The zero-order valence-corrected chi connectivity index (χ0v) is 13.3. The monoisotopic (exact) mass is 317 g/mol. The number of hydrogen-bond donors (Lipinski definition) is 1. The van der Waals surface area contributed by atoms with Gasteiger partial charge >= 0.3 is 0 Å². The molecule has 2 aromatic carbocycles. The number of hydrogen-bond acceptors (Lipinski definition) is 1. The highest BCUT2D eigenvalue weighted by atomic mass is 35.5. The Kier molecular flexibility index (Phi) is 4.51. The zero-order chi connectivity index (χ0) is 14.2. The Labute approximate surface area is 137 Å². The van der Waals surface area contributed by atoms with Crippen molar-refractivity contribution >= 4 is 12.4 Å². The summed E-state index contributed by atoms with van der Waals surface area (Å²) < 4.78 is 13.4. The van der Waals surface area contributed by atoms with Crippen LogP contribution in [-0.4, -0.2) is 12.6 Å². The van der Waals surface area contributed by atoms with E-state index in [0.717, 1.165) is 18.5 Å². The normalized spacial score (nSPS) is 26.0. The van der Waals surface area contributed by atoms with Crippen LogP contribution in [0.1, 0.15) is 29.0 Å². The fourth-order valence-corrected chi connectivity index (χ4v) is 4.19. The average molecular weight is 318 g/mol. The molecule has 0 radical (unpaired) electrons. The van der Waals surface area contributed by atoms with Gasteiger partial charge in [-0.15, -0.1) is 12.4 Å². The number of benzene rings is 2. The van der Waals surface area contributed by atoms with E-state index in [-0.39, 0.29) is 18.2 Å². The van der Waals surface area contributed by atoms with Crippen LogP contribution in [-0.2, 0) is 12.8 Å². The van der Waals surface area contributed by atoms with Crippen molar-refractivity contribution in [2.24, 2.45) is 5.92 Å². The van der Waals surface area contributed by atoms with Crippen LogP contribution in [0.4, 0.5) is 4.39 Å². The second-order valence-electron chi connectivity index (χ2n) is 6.36. The third-order valence-electron chi connectivity index (χ3n) is 5.18. The Morgan fingerprint density at radius 3 is 2.82 bits per heavy atom. The SMILES string of the molecule is Cl.Fc1cccc(CC2NCC3c4ccccc4CCC23)c1. The summed E-state index contributed by atoms with van der Waals surface area (Å²) in [7, 11) is 0. The van der Waals surface area contributed by atoms with Crippen molar-refractivity contribution < 1.29 is 4.39 Å². The molecular weight excluding hydrogens is 297 g/mol. The lowest BCUT2D eigenvalue weighted by molar-refractivity contribution is 0.373. The van der Waals surface area contributed by atoms with Crippen LogP contribution in [0, 0.1) is 11.7 Å². The Morgan fingerprint density at radius 2 is 1.95 bits per heavy atom. The van der Waals surface area contributed by atoms with E-state index < -0.39 is 0 Å². The quantitative estimate of drug-likeness (QED) is 0.879. The molecule has 116 valence electrons. The Hall–Kier alpha value is -1.38. The van der Waals surface area contributed by atoms with Gasteiger partial charge in [-0.05, 0) is 54.0 Å². The molecular formula is C19H21ClFN. The fraction of sp³-hybridized carbons (Fsp3) is 0.368. The summed E-state index contributed by atoms with van der Waals surface area (Å²) in [5, 5.41) is 3.69. The Balaban J connectivity index is 0.00000144. The number of rotatable bonds is 2. The van der Waals surface area contributed by atoms with E-state index >= 15 is 0 Å². The van der Waals surface area contributed by atoms with Gasteiger partial charge in [0.1, 0.15) is 5.82 Å². The molecule has 0 spiro atoms. The summed E-state index contributed by atoms with van der Waals surface area (Å²) in [4.78, 5) is 0. The van der Waals surface area contributed by atoms with Gasteiger partial charge in [0.05, 0.1) is 0 Å². The van der Waals surface area contributed by atoms with Crippen LogP contribution in [0.15, 0.2) is 48.5 Å². The standard InChI is InChI=1S/C19H20FN.ClH/c20-15-6-3-4-13(10-15)11-19-17-9-8-14-5-1-2-7-16(14)18(17)12-21-19;/h1-7,10,17-19,21H,8-9,11-12H2;1H. The zero-order valence-electron chi connectivity index (χ0n) is 12.5. The van der Waals surface area contributed by atoms with Crippen molar-refractivity contribution in [3.8, 4) is 0 Å². The van der Waals surface area contributed by atoms with E-state index in [1.54, 1.807) is 6.07 Å². The first-order chi connectivity index (χ1) is 10.3. The minimum atomic E-state index is -0.129. The molecule has 0 amide bonds. The van der Waals surface area contributed by atoms with Crippen molar-refractivity contribution in [1.82, 2.24) is 5.32 Å². The summed E-state index contributed by atoms with van der Waals surface area (Å²) >= 11 is 0. The van der Waals surface area contributed by atoms with E-state index in [2.05, 4.69) is 29.6 Å². The van der Waals surface area contributed by atoms with Gasteiger partial charge in [0.25, 0.3) is 0 Å². The van der Waals surface area contributed by atoms with Gasteiger partial charge in [-0.25, -0.2) is 4.39 Å². The molecule has 1 N–H and O–H groups in total. The highest BCUT2D eigenvalue weighted by Crippen LogP contribution is 2.41. The van der Waals surface area contributed by atoms with Crippen LogP contribution in [0.2, 0.25) is 0 Å². The van der Waals surface area contributed by atoms with Gasteiger partial charge in [-0.2, -0.15) is 0 Å². The van der Waals surface area contributed by atoms with Crippen LogP contribution < -0.4 is 5.32 Å². The van der Waals surface area contributed by atoms with Crippen molar-refractivity contribution in [2.75, 3.05) is 6.54 Å². The Morgan fingerprint density at radius 1 is 1.09 bits per heavy atom. The molecule has 1 nitrogen and oxygen atoms in total. The third-order valence-corrected chi connectivity index (χ3v) is 5.18. The van der Waals surface area contributed by atoms with E-state index in [4.69, 9.17) is 0 Å². The molecule has 1 aliphatic heterocycles. The maximum Gasteiger partial charge on any atom is 0.123 e. The third kappa shape index (κ3) is 2.78. The summed E-state index contributed by atoms with van der Waals surface area (Å²) in [5.74, 6) is 1.19. The first kappa shape index (κ1) is 15.5. The average Bonchev–Trinajstić information content (AvgIpc) is 2.91. The van der Waals surface area contributed by atoms with Crippen LogP contribution in [0.3, 0.4) is 0 Å². The molecule has 22 heavy (non-hydrogen) atoms. The van der Waals surface area contributed by atoms with Crippen molar-refractivity contribution in [2.45, 2.75) is 31.2 Å². The molecule has 1 fully saturated rings. The topological polar surface area (TPSA) is 12.0 Å². The number of aryl methyl sites for hydroxylation is 1. The molecule has 0 aromatic heterocycles. The molecule has 0 saturated carbocycles. The molecule has 1 heterocycles. The van der Waals surface area contributed by atoms with Gasteiger partial charge in [0, 0.05) is 18.5 Å². The largest absolute Gasteiger partial charge is 0.313 e. The van der Waals surface area contributed by atoms with Crippen LogP contribution in [0.25, 0.3) is 0 Å². The van der Waals surface area contributed by atoms with Crippen molar-refractivity contribution in [1.29, 1.82) is 0 Å². The first-order valence-electron chi connectivity index (χ1n) is 7.87. The first-order valence-corrected chi connectivity index (χ1v) is 7.87. The van der Waals surface area contributed by atoms with E-state index in [9.17, 15) is 4.39 Å². The maximum absolute atomic E-state index is 13.4. The predicted molar refractivity (Wildman–Crippen MR) is 90.1 cm³/mol. The van der Waals surface area contributed by atoms with E-state index in [1.807, 2.05) is 12.1 Å². The van der Waals surface area contributed by atoms with Gasteiger partial charge in [0.2, 0.25) is 0 Å². The maximum atomic E-state index is 13.4. The van der Waals surface area contributed by atoms with Gasteiger partial charge in [0.15, 0.2) is 0 Å². The number of halogens is 2. The lowest BCUT2D eigenvalue weighted by Gasteiger charge is -2.30. The summed E-state index contributed by atoms with van der Waals surface area (Å²) in [6.07, 6.45) is 3.36. The lowest BCUT2D eigenvalue weighted by atomic mass is 9.74. The number of nitrogens with one attached hydrogen (secondary N) is 1. The number of fused-ring (bicyclic) bond motifs is 3. The predicted octanol–water partition coefficient (Wildman–Crippen LogP) is 4.11. The van der Waals surface area contributed by atoms with Gasteiger partial charge < -0.3 is 5.32 Å². The molecule has 4 rings (SSSR count). The molecule has 3 heteroatoms. The van der Waals surface area contributed by atoms with Crippen molar-refractivity contribution in [3.63, 3.8) is 0 Å². The molecule has 1 saturated heterocycles. The highest BCUT2D eigenvalue weighted by Gasteiger charge is 2.39. The lowest BCUT2D eigenvalue weighted by Crippen LogP contribution is -2.31. The molecule has 1 aliphatic carbocycles. The Bertz CT molecular complexity index is 657. The highest BCUT2D eigenvalue weighted by molar-refractivity contribution is 5.85. The summed E-state index contributed by atoms with van der Waals surface area (Å²) in [6.45, 7) is 1.06. The van der Waals surface area contributed by atoms with Gasteiger partial charge in [-0.3, -0.25) is 0 Å². The molecule has 2 aromatic rings. The minimum absolute atomic E-state index is 0. The summed E-state index contributed by atoms with van der Waals surface area (Å²) in [5.41, 5.74) is 4.15. The van der Waals surface area contributed by atoms with Crippen molar-refractivity contribution in [3.05, 3.63) is 71.0 Å². The summed E-state index contributed by atoms with van der Waals surface area (Å²) in [6, 6.07) is 16.4. The second kappa shape index (κ2) is 6.39.